The summed E-state index contributed by atoms with van der Waals surface area (Å²) >= 11 is 0. The third-order valence-corrected chi connectivity index (χ3v) is 6.93. The van der Waals surface area contributed by atoms with E-state index in [2.05, 4.69) is 37.4 Å². The van der Waals surface area contributed by atoms with Crippen molar-refractivity contribution in [1.29, 1.82) is 0 Å². The van der Waals surface area contributed by atoms with Gasteiger partial charge in [0.05, 0.1) is 11.4 Å². The second kappa shape index (κ2) is 8.74. The number of nitrogens with one attached hydrogen (secondary N) is 1. The molecule has 5 heteroatoms. The molecule has 0 spiro atoms. The molecule has 5 nitrogen and oxygen atoms in total. The van der Waals surface area contributed by atoms with Crippen molar-refractivity contribution in [3.8, 4) is 0 Å². The van der Waals surface area contributed by atoms with Crippen molar-refractivity contribution in [1.82, 2.24) is 9.80 Å². The number of hydrogen-bond acceptors (Lipinski definition) is 3. The van der Waals surface area contributed by atoms with E-state index in [9.17, 15) is 9.59 Å². The number of amides is 2. The lowest BCUT2D eigenvalue weighted by Gasteiger charge is -2.39. The summed E-state index contributed by atoms with van der Waals surface area (Å²) in [7, 11) is 0. The summed E-state index contributed by atoms with van der Waals surface area (Å²) in [4.78, 5) is 29.4. The molecule has 168 valence electrons. The molecule has 2 amide bonds. The number of carbonyl (C=O) groups excluding carboxylic acids is 2. The highest BCUT2D eigenvalue weighted by atomic mass is 16.2. The lowest BCUT2D eigenvalue weighted by atomic mass is 9.91. The first kappa shape index (κ1) is 21.3. The smallest absolute Gasteiger partial charge is 0.241 e. The molecule has 1 fully saturated rings. The molecule has 2 aromatic rings. The second-order valence-corrected chi connectivity index (χ2v) is 9.02. The highest BCUT2D eigenvalue weighted by Crippen LogP contribution is 2.41. The van der Waals surface area contributed by atoms with Gasteiger partial charge in [0.1, 0.15) is 6.42 Å². The Hall–Kier alpha value is -3.60. The highest BCUT2D eigenvalue weighted by molar-refractivity contribution is 6.03. The van der Waals surface area contributed by atoms with E-state index in [4.69, 9.17) is 0 Å². The number of carbonyl (C=O) groups is 2. The molecule has 33 heavy (non-hydrogen) atoms. The minimum absolute atomic E-state index is 0.0819. The first-order valence-electron chi connectivity index (χ1n) is 11.6. The van der Waals surface area contributed by atoms with Crippen molar-refractivity contribution in [2.75, 3.05) is 18.4 Å². The van der Waals surface area contributed by atoms with Gasteiger partial charge in [0.2, 0.25) is 11.8 Å². The van der Waals surface area contributed by atoms with Crippen LogP contribution in [0.15, 0.2) is 78.2 Å². The molecular weight excluding hydrogens is 410 g/mol. The van der Waals surface area contributed by atoms with E-state index in [0.29, 0.717) is 19.1 Å². The predicted molar refractivity (Wildman–Crippen MR) is 131 cm³/mol. The standard InChI is InChI=1S/C28H29N3O2/c1-19-7-6-10-25(20(19)2)29-22-13-15-30(16-14-22)27(32)18-28(33)31-23-11-12-24(26(31)17-23)21-8-4-3-5-9-21/h3-12,17,22,29H,13-16,18H2,1-2H3. The van der Waals surface area contributed by atoms with Gasteiger partial charge in [-0.05, 0) is 61.6 Å². The van der Waals surface area contributed by atoms with Crippen LogP contribution in [0, 0.1) is 13.8 Å². The fraction of sp³-hybridized carbons (Fsp3) is 0.286. The number of allylic oxidation sites excluding steroid dienone is 4. The molecule has 3 aliphatic heterocycles. The van der Waals surface area contributed by atoms with E-state index in [1.807, 2.05) is 53.5 Å². The Bertz CT molecular complexity index is 1180. The van der Waals surface area contributed by atoms with Crippen LogP contribution in [0.1, 0.15) is 36.0 Å². The molecule has 5 rings (SSSR count). The molecule has 1 N–H and O–H groups in total. The van der Waals surface area contributed by atoms with E-state index < -0.39 is 0 Å². The van der Waals surface area contributed by atoms with Crippen LogP contribution in [0.25, 0.3) is 5.57 Å². The second-order valence-electron chi connectivity index (χ2n) is 9.02. The van der Waals surface area contributed by atoms with Crippen molar-refractivity contribution < 1.29 is 9.59 Å². The average Bonchev–Trinajstić information content (AvgIpc) is 2.83. The zero-order valence-electron chi connectivity index (χ0n) is 19.2. The largest absolute Gasteiger partial charge is 0.382 e. The fourth-order valence-corrected chi connectivity index (χ4v) is 4.78. The Kier molecular flexibility index (Phi) is 5.63. The number of likely N-dealkylation sites (tertiary alicyclic amines) is 1. The van der Waals surface area contributed by atoms with Gasteiger partial charge < -0.3 is 10.2 Å². The Morgan fingerprint density at radius 1 is 0.939 bits per heavy atom. The van der Waals surface area contributed by atoms with Gasteiger partial charge in [0.25, 0.3) is 0 Å². The normalized spacial score (nSPS) is 17.6. The molecule has 0 aromatic heterocycles. The number of hydrogen-bond donors (Lipinski definition) is 1. The third kappa shape index (κ3) is 4.11. The molecule has 0 saturated carbocycles. The molecule has 0 atom stereocenters. The highest BCUT2D eigenvalue weighted by Gasteiger charge is 2.35. The van der Waals surface area contributed by atoms with Gasteiger partial charge >= 0.3 is 0 Å². The van der Waals surface area contributed by atoms with Crippen molar-refractivity contribution in [3.63, 3.8) is 0 Å². The van der Waals surface area contributed by atoms with E-state index in [1.54, 1.807) is 4.90 Å². The Morgan fingerprint density at radius 2 is 1.70 bits per heavy atom. The molecular formula is C28H29N3O2. The topological polar surface area (TPSA) is 52.7 Å². The fourth-order valence-electron chi connectivity index (χ4n) is 4.78. The van der Waals surface area contributed by atoms with Crippen LogP contribution in [0.2, 0.25) is 0 Å². The van der Waals surface area contributed by atoms with Gasteiger partial charge in [-0.1, -0.05) is 48.5 Å². The predicted octanol–water partition coefficient (Wildman–Crippen LogP) is 4.80. The summed E-state index contributed by atoms with van der Waals surface area (Å²) in [6.45, 7) is 5.61. The molecule has 3 heterocycles. The van der Waals surface area contributed by atoms with Gasteiger partial charge in [0.15, 0.2) is 0 Å². The van der Waals surface area contributed by atoms with Crippen LogP contribution >= 0.6 is 0 Å². The monoisotopic (exact) mass is 439 g/mol. The molecule has 0 unspecified atom stereocenters. The van der Waals surface area contributed by atoms with Gasteiger partial charge in [0, 0.05) is 30.4 Å². The van der Waals surface area contributed by atoms with Crippen molar-refractivity contribution in [2.45, 2.75) is 39.2 Å². The lowest BCUT2D eigenvalue weighted by Crippen LogP contribution is -2.45. The molecule has 2 aromatic carbocycles. The van der Waals surface area contributed by atoms with E-state index in [-0.39, 0.29) is 18.2 Å². The number of aryl methyl sites for hydroxylation is 1. The van der Waals surface area contributed by atoms with Gasteiger partial charge in [-0.15, -0.1) is 0 Å². The summed E-state index contributed by atoms with van der Waals surface area (Å²) in [5, 5.41) is 3.64. The number of benzene rings is 2. The van der Waals surface area contributed by atoms with Crippen molar-refractivity contribution in [2.24, 2.45) is 0 Å². The zero-order valence-corrected chi connectivity index (χ0v) is 19.2. The summed E-state index contributed by atoms with van der Waals surface area (Å²) in [6.07, 6.45) is 7.67. The van der Waals surface area contributed by atoms with Crippen LogP contribution in [0.3, 0.4) is 0 Å². The van der Waals surface area contributed by atoms with E-state index >= 15 is 0 Å². The van der Waals surface area contributed by atoms with Gasteiger partial charge in [-0.2, -0.15) is 0 Å². The Balaban J connectivity index is 1.15. The first-order chi connectivity index (χ1) is 16.0. The maximum absolute atomic E-state index is 13.0. The number of anilines is 1. The van der Waals surface area contributed by atoms with E-state index in [1.165, 1.54) is 16.8 Å². The van der Waals surface area contributed by atoms with Crippen LogP contribution in [-0.2, 0) is 9.59 Å². The van der Waals surface area contributed by atoms with Gasteiger partial charge in [-0.3, -0.25) is 14.5 Å². The van der Waals surface area contributed by atoms with Crippen LogP contribution < -0.4 is 5.32 Å². The van der Waals surface area contributed by atoms with E-state index in [0.717, 1.165) is 35.4 Å². The quantitative estimate of drug-likeness (QED) is 0.681. The molecule has 0 aliphatic carbocycles. The Morgan fingerprint density at radius 3 is 2.42 bits per heavy atom. The maximum Gasteiger partial charge on any atom is 0.241 e. The van der Waals surface area contributed by atoms with Crippen LogP contribution in [0.4, 0.5) is 5.69 Å². The average molecular weight is 440 g/mol. The minimum Gasteiger partial charge on any atom is -0.382 e. The minimum atomic E-state index is -0.152. The molecule has 1 saturated heterocycles. The summed E-state index contributed by atoms with van der Waals surface area (Å²) in [5.41, 5.74) is 7.55. The zero-order chi connectivity index (χ0) is 22.9. The van der Waals surface area contributed by atoms with Gasteiger partial charge in [-0.25, -0.2) is 0 Å². The lowest BCUT2D eigenvalue weighted by molar-refractivity contribution is -0.139. The number of rotatable bonds is 5. The SMILES string of the molecule is Cc1cccc(NC2CCN(C(=O)CC(=O)N3c4ccc(-c5ccccc5)c3c4)CC2)c1C. The maximum atomic E-state index is 13.0. The summed E-state index contributed by atoms with van der Waals surface area (Å²) in [6, 6.07) is 16.7. The van der Waals surface area contributed by atoms with Crippen LogP contribution in [-0.4, -0.2) is 40.7 Å². The number of fused-ring (bicyclic) bond motifs is 2. The van der Waals surface area contributed by atoms with Crippen molar-refractivity contribution >= 4 is 23.1 Å². The number of piperidine rings is 1. The molecule has 3 aliphatic rings. The first-order valence-corrected chi connectivity index (χ1v) is 11.6. The summed E-state index contributed by atoms with van der Waals surface area (Å²) in [5.74, 6) is -0.234. The van der Waals surface area contributed by atoms with Crippen LogP contribution in [0.5, 0.6) is 0 Å². The third-order valence-electron chi connectivity index (χ3n) is 6.93. The Labute approximate surface area is 195 Å². The molecule has 2 bridgehead atoms. The van der Waals surface area contributed by atoms with Crippen molar-refractivity contribution in [3.05, 3.63) is 94.8 Å². The molecule has 0 radical (unpaired) electrons. The number of nitrogens with zero attached hydrogens (tertiary/aromatic N) is 2. The summed E-state index contributed by atoms with van der Waals surface area (Å²) < 4.78 is 0.